The Hall–Kier alpha value is -1.63. The van der Waals surface area contributed by atoms with E-state index in [1.807, 2.05) is 12.1 Å². The topological polar surface area (TPSA) is 82.0 Å². The van der Waals surface area contributed by atoms with E-state index in [1.165, 1.54) is 11.1 Å². The molecule has 23 heavy (non-hydrogen) atoms. The van der Waals surface area contributed by atoms with Crippen LogP contribution in [0.1, 0.15) is 23.1 Å². The van der Waals surface area contributed by atoms with Crippen LogP contribution in [0.25, 0.3) is 0 Å². The Kier molecular flexibility index (Phi) is 5.15. The van der Waals surface area contributed by atoms with Crippen LogP contribution >= 0.6 is 0 Å². The van der Waals surface area contributed by atoms with Gasteiger partial charge in [-0.1, -0.05) is 18.2 Å². The number of fused-ring (bicyclic) bond motifs is 1. The van der Waals surface area contributed by atoms with Crippen molar-refractivity contribution in [2.24, 2.45) is 5.92 Å². The van der Waals surface area contributed by atoms with E-state index < -0.39 is 6.10 Å². The van der Waals surface area contributed by atoms with Crippen LogP contribution in [0.3, 0.4) is 0 Å². The van der Waals surface area contributed by atoms with E-state index in [0.717, 1.165) is 18.6 Å². The van der Waals surface area contributed by atoms with Gasteiger partial charge in [0.25, 0.3) is 0 Å². The number of nitrogens with one attached hydrogen (secondary N) is 1. The van der Waals surface area contributed by atoms with Gasteiger partial charge in [-0.15, -0.1) is 0 Å². The minimum absolute atomic E-state index is 0.100. The molecule has 1 aromatic rings. The van der Waals surface area contributed by atoms with Gasteiger partial charge in [-0.05, 0) is 29.5 Å². The fourth-order valence-corrected chi connectivity index (χ4v) is 3.33. The first-order valence-electron chi connectivity index (χ1n) is 8.18. The predicted molar refractivity (Wildman–Crippen MR) is 84.8 cm³/mol. The lowest BCUT2D eigenvalue weighted by Crippen LogP contribution is -2.50. The van der Waals surface area contributed by atoms with Crippen molar-refractivity contribution in [3.05, 3.63) is 34.9 Å². The Morgan fingerprint density at radius 3 is 3.13 bits per heavy atom. The molecule has 0 saturated carbocycles. The second kappa shape index (κ2) is 7.29. The molecule has 1 fully saturated rings. The lowest BCUT2D eigenvalue weighted by molar-refractivity contribution is 0.0123. The largest absolute Gasteiger partial charge is 0.396 e. The van der Waals surface area contributed by atoms with Crippen molar-refractivity contribution < 1.29 is 19.7 Å². The van der Waals surface area contributed by atoms with Gasteiger partial charge in [0.15, 0.2) is 0 Å². The lowest BCUT2D eigenvalue weighted by atomic mass is 9.96. The molecule has 1 aromatic carbocycles. The summed E-state index contributed by atoms with van der Waals surface area (Å²) in [6.45, 7) is 2.66. The van der Waals surface area contributed by atoms with Gasteiger partial charge < -0.3 is 25.2 Å². The number of hydrogen-bond donors (Lipinski definition) is 3. The highest BCUT2D eigenvalue weighted by atomic mass is 16.5. The second-order valence-electron chi connectivity index (χ2n) is 6.26. The van der Waals surface area contributed by atoms with Crippen molar-refractivity contribution in [1.82, 2.24) is 10.2 Å². The highest BCUT2D eigenvalue weighted by Crippen LogP contribution is 2.21. The van der Waals surface area contributed by atoms with Crippen molar-refractivity contribution in [3.8, 4) is 0 Å². The van der Waals surface area contributed by atoms with Gasteiger partial charge in [0, 0.05) is 25.6 Å². The van der Waals surface area contributed by atoms with Gasteiger partial charge in [0.05, 0.1) is 25.9 Å². The number of carbonyl (C=O) groups is 1. The summed E-state index contributed by atoms with van der Waals surface area (Å²) in [7, 11) is 0. The molecular formula is C17H24N2O4. The van der Waals surface area contributed by atoms with Gasteiger partial charge in [0.2, 0.25) is 0 Å². The van der Waals surface area contributed by atoms with E-state index >= 15 is 0 Å². The van der Waals surface area contributed by atoms with Crippen LogP contribution in [0.15, 0.2) is 18.2 Å². The molecule has 2 aliphatic heterocycles. The average Bonchev–Trinajstić information content (AvgIpc) is 2.60. The number of aliphatic hydroxyl groups is 2. The summed E-state index contributed by atoms with van der Waals surface area (Å²) >= 11 is 0. The molecule has 3 rings (SSSR count). The predicted octanol–water partition coefficient (Wildman–Crippen LogP) is 0.644. The van der Waals surface area contributed by atoms with Crippen molar-refractivity contribution in [1.29, 1.82) is 0 Å². The minimum atomic E-state index is -0.523. The van der Waals surface area contributed by atoms with Crippen molar-refractivity contribution in [3.63, 3.8) is 0 Å². The van der Waals surface area contributed by atoms with Crippen molar-refractivity contribution in [2.75, 3.05) is 26.3 Å². The van der Waals surface area contributed by atoms with E-state index in [-0.39, 0.29) is 18.6 Å². The molecule has 2 amide bonds. The Bertz CT molecular complexity index is 564. The zero-order valence-corrected chi connectivity index (χ0v) is 13.2. The molecule has 1 saturated heterocycles. The highest BCUT2D eigenvalue weighted by Gasteiger charge is 2.29. The number of amides is 2. The Labute approximate surface area is 136 Å². The summed E-state index contributed by atoms with van der Waals surface area (Å²) in [6.07, 6.45) is 0.867. The highest BCUT2D eigenvalue weighted by molar-refractivity contribution is 5.74. The number of nitrogens with zero attached hydrogens (tertiary/aromatic N) is 1. The van der Waals surface area contributed by atoms with E-state index in [2.05, 4.69) is 11.4 Å². The van der Waals surface area contributed by atoms with Gasteiger partial charge in [-0.2, -0.15) is 0 Å². The molecule has 2 aliphatic rings. The Balaban J connectivity index is 1.59. The lowest BCUT2D eigenvalue weighted by Gasteiger charge is -2.35. The average molecular weight is 320 g/mol. The number of piperidine rings is 1. The molecule has 6 heteroatoms. The minimum Gasteiger partial charge on any atom is -0.396 e. The molecule has 0 aliphatic carbocycles. The summed E-state index contributed by atoms with van der Waals surface area (Å²) in [5.41, 5.74) is 3.61. The quantitative estimate of drug-likeness (QED) is 0.763. The number of ether oxygens (including phenoxy) is 1. The van der Waals surface area contributed by atoms with Crippen LogP contribution in [-0.2, 0) is 24.3 Å². The van der Waals surface area contributed by atoms with Crippen LogP contribution in [0.4, 0.5) is 4.79 Å². The Morgan fingerprint density at radius 2 is 2.30 bits per heavy atom. The first-order chi connectivity index (χ1) is 11.2. The normalized spacial score (nSPS) is 24.2. The molecule has 6 nitrogen and oxygen atoms in total. The van der Waals surface area contributed by atoms with Crippen LogP contribution < -0.4 is 5.32 Å². The first kappa shape index (κ1) is 16.2. The number of carbonyl (C=O) groups excluding carboxylic acids is 1. The van der Waals surface area contributed by atoms with Gasteiger partial charge in [-0.25, -0.2) is 4.79 Å². The number of likely N-dealkylation sites (tertiary alicyclic amines) is 1. The van der Waals surface area contributed by atoms with E-state index in [1.54, 1.807) is 4.90 Å². The molecule has 126 valence electrons. The SMILES string of the molecule is O=C(NCc1cccc2c1CCOC2)N1CCC(O)C(CO)C1. The van der Waals surface area contributed by atoms with Gasteiger partial charge in [0.1, 0.15) is 0 Å². The molecule has 2 heterocycles. The van der Waals surface area contributed by atoms with Crippen LogP contribution in [0, 0.1) is 5.92 Å². The van der Waals surface area contributed by atoms with Crippen molar-refractivity contribution >= 4 is 6.03 Å². The van der Waals surface area contributed by atoms with E-state index in [9.17, 15) is 15.0 Å². The third kappa shape index (κ3) is 3.65. The van der Waals surface area contributed by atoms with Gasteiger partial charge in [-0.3, -0.25) is 0 Å². The molecule has 0 bridgehead atoms. The number of urea groups is 1. The summed E-state index contributed by atoms with van der Waals surface area (Å²) in [4.78, 5) is 14.0. The third-order valence-corrected chi connectivity index (χ3v) is 4.77. The summed E-state index contributed by atoms with van der Waals surface area (Å²) in [6, 6.07) is 5.96. The zero-order valence-electron chi connectivity index (χ0n) is 13.2. The van der Waals surface area contributed by atoms with Gasteiger partial charge >= 0.3 is 6.03 Å². The van der Waals surface area contributed by atoms with Crippen LogP contribution in [0.5, 0.6) is 0 Å². The van der Waals surface area contributed by atoms with Crippen LogP contribution in [0.2, 0.25) is 0 Å². The first-order valence-corrected chi connectivity index (χ1v) is 8.18. The maximum absolute atomic E-state index is 12.3. The third-order valence-electron chi connectivity index (χ3n) is 4.77. The summed E-state index contributed by atoms with van der Waals surface area (Å²) < 4.78 is 5.46. The fourth-order valence-electron chi connectivity index (χ4n) is 3.33. The number of hydrogen-bond acceptors (Lipinski definition) is 4. The molecule has 0 aromatic heterocycles. The zero-order chi connectivity index (χ0) is 16.2. The summed E-state index contributed by atoms with van der Waals surface area (Å²) in [5, 5.41) is 22.0. The van der Waals surface area contributed by atoms with Crippen molar-refractivity contribution in [2.45, 2.75) is 32.1 Å². The van der Waals surface area contributed by atoms with E-state index in [4.69, 9.17) is 4.74 Å². The fraction of sp³-hybridized carbons (Fsp3) is 0.588. The second-order valence-corrected chi connectivity index (χ2v) is 6.26. The number of benzene rings is 1. The molecule has 3 N–H and O–H groups in total. The number of aliphatic hydroxyl groups excluding tert-OH is 2. The van der Waals surface area contributed by atoms with E-state index in [0.29, 0.717) is 32.7 Å². The number of rotatable bonds is 3. The monoisotopic (exact) mass is 320 g/mol. The molecule has 0 spiro atoms. The maximum Gasteiger partial charge on any atom is 0.317 e. The molecule has 0 radical (unpaired) electrons. The van der Waals surface area contributed by atoms with Crippen LogP contribution in [-0.4, -0.2) is 53.6 Å². The summed E-state index contributed by atoms with van der Waals surface area (Å²) in [5.74, 6) is -0.254. The Morgan fingerprint density at radius 1 is 1.43 bits per heavy atom. The maximum atomic E-state index is 12.3. The molecule has 2 unspecified atom stereocenters. The molecular weight excluding hydrogens is 296 g/mol. The smallest absolute Gasteiger partial charge is 0.317 e. The standard InChI is InChI=1S/C17H24N2O4/c20-10-14-9-19(6-4-16(14)21)17(22)18-8-12-2-1-3-13-11-23-7-5-15(12)13/h1-3,14,16,20-21H,4-11H2,(H,18,22). The molecule has 2 atom stereocenters.